The number of ether oxygens (including phenoxy) is 1. The van der Waals surface area contributed by atoms with Crippen molar-refractivity contribution in [1.82, 2.24) is 0 Å². The standard InChI is InChI=1S/C17H16O/c1-18-15-11-9-14(10-12-15)17-8-4-6-13-5-2-3-7-16(13)17/h2-3,5,7-12H,4,6H2,1H3. The Kier molecular flexibility index (Phi) is 2.89. The van der Waals surface area contributed by atoms with E-state index >= 15 is 0 Å². The Bertz CT molecular complexity index is 579. The molecule has 0 fully saturated rings. The van der Waals surface area contributed by atoms with Crippen LogP contribution in [0.5, 0.6) is 5.75 Å². The van der Waals surface area contributed by atoms with Crippen molar-refractivity contribution in [2.24, 2.45) is 0 Å². The van der Waals surface area contributed by atoms with Crippen LogP contribution >= 0.6 is 0 Å². The summed E-state index contributed by atoms with van der Waals surface area (Å²) in [5, 5.41) is 0. The topological polar surface area (TPSA) is 9.23 Å². The highest BCUT2D eigenvalue weighted by atomic mass is 16.5. The summed E-state index contributed by atoms with van der Waals surface area (Å²) in [6, 6.07) is 17.0. The van der Waals surface area contributed by atoms with Gasteiger partial charge in [-0.15, -0.1) is 0 Å². The van der Waals surface area contributed by atoms with Crippen molar-refractivity contribution in [2.45, 2.75) is 12.8 Å². The fourth-order valence-electron chi connectivity index (χ4n) is 2.53. The first-order valence-corrected chi connectivity index (χ1v) is 6.31. The molecule has 1 nitrogen and oxygen atoms in total. The van der Waals surface area contributed by atoms with Gasteiger partial charge in [0.25, 0.3) is 0 Å². The van der Waals surface area contributed by atoms with Gasteiger partial charge >= 0.3 is 0 Å². The van der Waals surface area contributed by atoms with Crippen LogP contribution in [0, 0.1) is 0 Å². The zero-order valence-electron chi connectivity index (χ0n) is 10.5. The van der Waals surface area contributed by atoms with Gasteiger partial charge in [0.15, 0.2) is 0 Å². The molecule has 0 saturated carbocycles. The third kappa shape index (κ3) is 1.92. The van der Waals surface area contributed by atoms with Crippen LogP contribution in [0.4, 0.5) is 0 Å². The van der Waals surface area contributed by atoms with E-state index in [9.17, 15) is 0 Å². The molecule has 0 aliphatic heterocycles. The lowest BCUT2D eigenvalue weighted by atomic mass is 9.87. The molecule has 0 aromatic heterocycles. The molecule has 0 N–H and O–H groups in total. The smallest absolute Gasteiger partial charge is 0.118 e. The molecule has 0 saturated heterocycles. The summed E-state index contributed by atoms with van der Waals surface area (Å²) in [7, 11) is 1.70. The Morgan fingerprint density at radius 3 is 2.50 bits per heavy atom. The maximum atomic E-state index is 5.21. The van der Waals surface area contributed by atoms with E-state index in [2.05, 4.69) is 42.5 Å². The second kappa shape index (κ2) is 4.69. The zero-order chi connectivity index (χ0) is 12.4. The van der Waals surface area contributed by atoms with Crippen molar-refractivity contribution in [3.8, 4) is 5.75 Å². The van der Waals surface area contributed by atoms with E-state index in [0.29, 0.717) is 0 Å². The van der Waals surface area contributed by atoms with Gasteiger partial charge in [-0.25, -0.2) is 0 Å². The lowest BCUT2D eigenvalue weighted by Crippen LogP contribution is -2.00. The van der Waals surface area contributed by atoms with Crippen molar-refractivity contribution in [1.29, 1.82) is 0 Å². The fourth-order valence-corrected chi connectivity index (χ4v) is 2.53. The number of fused-ring (bicyclic) bond motifs is 1. The number of benzene rings is 2. The molecule has 2 aromatic rings. The van der Waals surface area contributed by atoms with Crippen LogP contribution in [0.25, 0.3) is 5.57 Å². The fraction of sp³-hybridized carbons (Fsp3) is 0.176. The van der Waals surface area contributed by atoms with E-state index in [-0.39, 0.29) is 0 Å². The van der Waals surface area contributed by atoms with Crippen LogP contribution in [0.15, 0.2) is 54.6 Å². The predicted molar refractivity (Wildman–Crippen MR) is 74.8 cm³/mol. The summed E-state index contributed by atoms with van der Waals surface area (Å²) in [4.78, 5) is 0. The summed E-state index contributed by atoms with van der Waals surface area (Å²) in [6.07, 6.45) is 4.61. The Morgan fingerprint density at radius 2 is 1.72 bits per heavy atom. The van der Waals surface area contributed by atoms with Gasteiger partial charge < -0.3 is 4.74 Å². The predicted octanol–water partition coefficient (Wildman–Crippen LogP) is 4.07. The molecule has 1 aliphatic rings. The van der Waals surface area contributed by atoms with Crippen molar-refractivity contribution in [3.05, 3.63) is 71.3 Å². The highest BCUT2D eigenvalue weighted by Crippen LogP contribution is 2.32. The Hall–Kier alpha value is -2.02. The number of methoxy groups -OCH3 is 1. The minimum absolute atomic E-state index is 0.906. The Labute approximate surface area is 108 Å². The summed E-state index contributed by atoms with van der Waals surface area (Å²) in [5.41, 5.74) is 5.43. The van der Waals surface area contributed by atoms with Crippen LogP contribution in [0.1, 0.15) is 23.1 Å². The molecule has 0 atom stereocenters. The molecular weight excluding hydrogens is 220 g/mol. The lowest BCUT2D eigenvalue weighted by Gasteiger charge is -2.18. The molecule has 0 bridgehead atoms. The highest BCUT2D eigenvalue weighted by molar-refractivity contribution is 5.82. The van der Waals surface area contributed by atoms with Crippen LogP contribution in [-0.4, -0.2) is 7.11 Å². The van der Waals surface area contributed by atoms with E-state index in [0.717, 1.165) is 18.6 Å². The first-order chi connectivity index (χ1) is 8.88. The SMILES string of the molecule is COc1ccc(C2=CCCc3ccccc32)cc1. The van der Waals surface area contributed by atoms with E-state index in [1.165, 1.54) is 22.3 Å². The average Bonchev–Trinajstić information content (AvgIpc) is 2.47. The molecule has 90 valence electrons. The molecule has 1 heteroatoms. The van der Waals surface area contributed by atoms with E-state index in [4.69, 9.17) is 4.74 Å². The summed E-state index contributed by atoms with van der Waals surface area (Å²) >= 11 is 0. The van der Waals surface area contributed by atoms with Gasteiger partial charge in [0.2, 0.25) is 0 Å². The third-order valence-electron chi connectivity index (χ3n) is 3.47. The second-order valence-corrected chi connectivity index (χ2v) is 4.54. The minimum atomic E-state index is 0.906. The van der Waals surface area contributed by atoms with Gasteiger partial charge in [0.1, 0.15) is 5.75 Å². The zero-order valence-corrected chi connectivity index (χ0v) is 10.5. The first kappa shape index (κ1) is 11.1. The van der Waals surface area contributed by atoms with Crippen molar-refractivity contribution >= 4 is 5.57 Å². The number of allylic oxidation sites excluding steroid dienone is 1. The molecule has 0 heterocycles. The maximum absolute atomic E-state index is 5.21. The van der Waals surface area contributed by atoms with Crippen molar-refractivity contribution in [3.63, 3.8) is 0 Å². The van der Waals surface area contributed by atoms with Gasteiger partial charge in [-0.1, -0.05) is 42.5 Å². The van der Waals surface area contributed by atoms with E-state index in [1.54, 1.807) is 7.11 Å². The third-order valence-corrected chi connectivity index (χ3v) is 3.47. The monoisotopic (exact) mass is 236 g/mol. The Balaban J connectivity index is 2.03. The quantitative estimate of drug-likeness (QED) is 0.763. The van der Waals surface area contributed by atoms with Crippen LogP contribution in [0.2, 0.25) is 0 Å². The minimum Gasteiger partial charge on any atom is -0.497 e. The first-order valence-electron chi connectivity index (χ1n) is 6.31. The van der Waals surface area contributed by atoms with Crippen LogP contribution in [0.3, 0.4) is 0 Å². The summed E-state index contributed by atoms with van der Waals surface area (Å²) in [6.45, 7) is 0. The molecular formula is C17H16O. The van der Waals surface area contributed by atoms with Gasteiger partial charge in [0.05, 0.1) is 7.11 Å². The van der Waals surface area contributed by atoms with E-state index in [1.807, 2.05) is 12.1 Å². The van der Waals surface area contributed by atoms with Gasteiger partial charge in [-0.05, 0) is 47.2 Å². The van der Waals surface area contributed by atoms with E-state index < -0.39 is 0 Å². The van der Waals surface area contributed by atoms with Crippen LogP contribution in [-0.2, 0) is 6.42 Å². The number of hydrogen-bond acceptors (Lipinski definition) is 1. The molecule has 0 radical (unpaired) electrons. The van der Waals surface area contributed by atoms with Crippen molar-refractivity contribution < 1.29 is 4.74 Å². The van der Waals surface area contributed by atoms with Gasteiger partial charge in [0, 0.05) is 0 Å². The molecule has 0 amide bonds. The second-order valence-electron chi connectivity index (χ2n) is 4.54. The Morgan fingerprint density at radius 1 is 0.944 bits per heavy atom. The molecule has 2 aromatic carbocycles. The summed E-state index contributed by atoms with van der Waals surface area (Å²) < 4.78 is 5.21. The van der Waals surface area contributed by atoms with Gasteiger partial charge in [-0.2, -0.15) is 0 Å². The lowest BCUT2D eigenvalue weighted by molar-refractivity contribution is 0.415. The normalized spacial score (nSPS) is 13.7. The van der Waals surface area contributed by atoms with Crippen molar-refractivity contribution in [2.75, 3.05) is 7.11 Å². The largest absolute Gasteiger partial charge is 0.497 e. The van der Waals surface area contributed by atoms with Gasteiger partial charge in [-0.3, -0.25) is 0 Å². The molecule has 0 spiro atoms. The number of rotatable bonds is 2. The number of aryl methyl sites for hydroxylation is 1. The highest BCUT2D eigenvalue weighted by Gasteiger charge is 2.13. The maximum Gasteiger partial charge on any atom is 0.118 e. The number of hydrogen-bond donors (Lipinski definition) is 0. The summed E-state index contributed by atoms with van der Waals surface area (Å²) in [5.74, 6) is 0.906. The average molecular weight is 236 g/mol. The van der Waals surface area contributed by atoms with Crippen LogP contribution < -0.4 is 4.74 Å². The molecule has 3 rings (SSSR count). The molecule has 18 heavy (non-hydrogen) atoms. The molecule has 1 aliphatic carbocycles. The molecule has 0 unspecified atom stereocenters.